The van der Waals surface area contributed by atoms with Gasteiger partial charge in [0.25, 0.3) is 0 Å². The van der Waals surface area contributed by atoms with Gasteiger partial charge in [0.1, 0.15) is 5.75 Å². The first-order valence-corrected chi connectivity index (χ1v) is 11.6. The van der Waals surface area contributed by atoms with Gasteiger partial charge in [0.2, 0.25) is 15.9 Å². The van der Waals surface area contributed by atoms with Crippen molar-refractivity contribution in [3.8, 4) is 5.75 Å². The highest BCUT2D eigenvalue weighted by atomic mass is 32.2. The van der Waals surface area contributed by atoms with Crippen molar-refractivity contribution in [1.82, 2.24) is 9.62 Å². The molecule has 0 bridgehead atoms. The maximum absolute atomic E-state index is 13.0. The molecule has 1 fully saturated rings. The van der Waals surface area contributed by atoms with Crippen molar-refractivity contribution in [3.63, 3.8) is 0 Å². The largest absolute Gasteiger partial charge is 0.497 e. The van der Waals surface area contributed by atoms with Gasteiger partial charge in [-0.15, -0.1) is 0 Å². The number of hydrogen-bond acceptors (Lipinski definition) is 5. The van der Waals surface area contributed by atoms with Crippen molar-refractivity contribution in [2.24, 2.45) is 0 Å². The lowest BCUT2D eigenvalue weighted by atomic mass is 10.1. The molecule has 1 amide bonds. The number of carbonyl (C=O) groups excluding carboxylic acids is 1. The highest BCUT2D eigenvalue weighted by Gasteiger charge is 2.22. The SMILES string of the molecule is CNS(=O)(=O)c1ccc(/C=C/C(=O)N(Cc2cccc(OC)c2)CC2CCCO2)cc1. The van der Waals surface area contributed by atoms with Gasteiger partial charge in [-0.1, -0.05) is 24.3 Å². The monoisotopic (exact) mass is 444 g/mol. The van der Waals surface area contributed by atoms with E-state index in [1.807, 2.05) is 24.3 Å². The normalized spacial score (nSPS) is 16.5. The van der Waals surface area contributed by atoms with Gasteiger partial charge in [0, 0.05) is 25.8 Å². The topological polar surface area (TPSA) is 84.9 Å². The van der Waals surface area contributed by atoms with Gasteiger partial charge in [-0.25, -0.2) is 13.1 Å². The van der Waals surface area contributed by atoms with Gasteiger partial charge in [-0.3, -0.25) is 4.79 Å². The third-order valence-electron chi connectivity index (χ3n) is 5.14. The van der Waals surface area contributed by atoms with Gasteiger partial charge in [0.05, 0.1) is 18.1 Å². The van der Waals surface area contributed by atoms with Gasteiger partial charge in [0.15, 0.2) is 0 Å². The summed E-state index contributed by atoms with van der Waals surface area (Å²) in [5.74, 6) is 0.611. The van der Waals surface area contributed by atoms with Crippen LogP contribution in [0.15, 0.2) is 59.5 Å². The maximum atomic E-state index is 13.0. The summed E-state index contributed by atoms with van der Waals surface area (Å²) in [7, 11) is -0.504. The van der Waals surface area contributed by atoms with E-state index in [1.54, 1.807) is 30.2 Å². The van der Waals surface area contributed by atoms with Crippen LogP contribution in [0.5, 0.6) is 5.75 Å². The molecular weight excluding hydrogens is 416 g/mol. The number of carbonyl (C=O) groups is 1. The van der Waals surface area contributed by atoms with E-state index in [9.17, 15) is 13.2 Å². The molecule has 1 saturated heterocycles. The lowest BCUT2D eigenvalue weighted by Gasteiger charge is -2.24. The molecule has 8 heteroatoms. The third kappa shape index (κ3) is 6.40. The number of amides is 1. The van der Waals surface area contributed by atoms with Crippen LogP contribution >= 0.6 is 0 Å². The predicted octanol–water partition coefficient (Wildman–Crippen LogP) is 2.82. The summed E-state index contributed by atoms with van der Waals surface area (Å²) in [6.07, 6.45) is 5.17. The molecular formula is C23H28N2O5S. The fourth-order valence-electron chi connectivity index (χ4n) is 3.41. The molecule has 31 heavy (non-hydrogen) atoms. The van der Waals surface area contributed by atoms with Crippen molar-refractivity contribution >= 4 is 22.0 Å². The van der Waals surface area contributed by atoms with Crippen LogP contribution < -0.4 is 9.46 Å². The number of ether oxygens (including phenoxy) is 2. The molecule has 166 valence electrons. The Labute approximate surface area is 183 Å². The molecule has 0 saturated carbocycles. The summed E-state index contributed by atoms with van der Waals surface area (Å²) in [4.78, 5) is 14.9. The van der Waals surface area contributed by atoms with E-state index in [2.05, 4.69) is 4.72 Å². The summed E-state index contributed by atoms with van der Waals surface area (Å²) in [5, 5.41) is 0. The lowest BCUT2D eigenvalue weighted by molar-refractivity contribution is -0.128. The summed E-state index contributed by atoms with van der Waals surface area (Å²) in [6, 6.07) is 14.0. The van der Waals surface area contributed by atoms with Gasteiger partial charge in [-0.05, 0) is 61.4 Å². The Balaban J connectivity index is 1.73. The molecule has 0 aliphatic carbocycles. The summed E-state index contributed by atoms with van der Waals surface area (Å²) < 4.78 is 37.0. The van der Waals surface area contributed by atoms with E-state index >= 15 is 0 Å². The highest BCUT2D eigenvalue weighted by Crippen LogP contribution is 2.19. The third-order valence-corrected chi connectivity index (χ3v) is 6.57. The Bertz CT molecular complexity index is 1010. The fraction of sp³-hybridized carbons (Fsp3) is 0.348. The molecule has 1 aliphatic rings. The first-order chi connectivity index (χ1) is 14.9. The summed E-state index contributed by atoms with van der Waals surface area (Å²) in [6.45, 7) is 1.68. The van der Waals surface area contributed by atoms with Crippen molar-refractivity contribution in [3.05, 3.63) is 65.7 Å². The van der Waals surface area contributed by atoms with Crippen LogP contribution in [0.3, 0.4) is 0 Å². The van der Waals surface area contributed by atoms with Gasteiger partial charge in [-0.2, -0.15) is 0 Å². The van der Waals surface area contributed by atoms with Crippen LogP contribution in [0, 0.1) is 0 Å². The van der Waals surface area contributed by atoms with Crippen LogP contribution in [-0.4, -0.2) is 52.6 Å². The maximum Gasteiger partial charge on any atom is 0.246 e. The zero-order chi connectivity index (χ0) is 22.3. The quantitative estimate of drug-likeness (QED) is 0.601. The Morgan fingerprint density at radius 3 is 2.68 bits per heavy atom. The molecule has 2 aromatic rings. The first kappa shape index (κ1) is 23.0. The van der Waals surface area contributed by atoms with Gasteiger partial charge < -0.3 is 14.4 Å². The van der Waals surface area contributed by atoms with Crippen LogP contribution in [0.4, 0.5) is 0 Å². The molecule has 1 N–H and O–H groups in total. The molecule has 1 heterocycles. The number of benzene rings is 2. The highest BCUT2D eigenvalue weighted by molar-refractivity contribution is 7.89. The number of methoxy groups -OCH3 is 1. The molecule has 1 atom stereocenters. The number of nitrogens with one attached hydrogen (secondary N) is 1. The predicted molar refractivity (Wildman–Crippen MR) is 119 cm³/mol. The van der Waals surface area contributed by atoms with Gasteiger partial charge >= 0.3 is 0 Å². The molecule has 0 spiro atoms. The molecule has 1 aliphatic heterocycles. The van der Waals surface area contributed by atoms with E-state index in [4.69, 9.17) is 9.47 Å². The minimum absolute atomic E-state index is 0.0361. The Kier molecular flexibility index (Phi) is 7.84. The number of rotatable bonds is 9. The molecule has 3 rings (SSSR count). The number of sulfonamides is 1. The first-order valence-electron chi connectivity index (χ1n) is 10.2. The average Bonchev–Trinajstić information content (AvgIpc) is 3.30. The molecule has 2 aromatic carbocycles. The van der Waals surface area contributed by atoms with Crippen molar-refractivity contribution in [2.75, 3.05) is 27.3 Å². The zero-order valence-corrected chi connectivity index (χ0v) is 18.6. The molecule has 1 unspecified atom stereocenters. The zero-order valence-electron chi connectivity index (χ0n) is 17.8. The van der Waals surface area contributed by atoms with Crippen LogP contribution in [0.2, 0.25) is 0 Å². The minimum atomic E-state index is -3.49. The van der Waals surface area contributed by atoms with Crippen molar-refractivity contribution in [1.29, 1.82) is 0 Å². The van der Waals surface area contributed by atoms with E-state index < -0.39 is 10.0 Å². The van der Waals surface area contributed by atoms with Crippen LogP contribution in [0.1, 0.15) is 24.0 Å². The lowest BCUT2D eigenvalue weighted by Crippen LogP contribution is -2.35. The van der Waals surface area contributed by atoms with Crippen LogP contribution in [0.25, 0.3) is 6.08 Å². The van der Waals surface area contributed by atoms with Crippen molar-refractivity contribution in [2.45, 2.75) is 30.4 Å². The second-order valence-electron chi connectivity index (χ2n) is 7.32. The Hall–Kier alpha value is -2.68. The Morgan fingerprint density at radius 2 is 2.03 bits per heavy atom. The Morgan fingerprint density at radius 1 is 1.26 bits per heavy atom. The number of hydrogen-bond donors (Lipinski definition) is 1. The second kappa shape index (κ2) is 10.6. The average molecular weight is 445 g/mol. The second-order valence-corrected chi connectivity index (χ2v) is 9.20. The summed E-state index contributed by atoms with van der Waals surface area (Å²) >= 11 is 0. The fourth-order valence-corrected chi connectivity index (χ4v) is 4.14. The van der Waals surface area contributed by atoms with E-state index in [-0.39, 0.29) is 16.9 Å². The van der Waals surface area contributed by atoms with E-state index in [0.29, 0.717) is 13.1 Å². The minimum Gasteiger partial charge on any atom is -0.497 e. The molecule has 7 nitrogen and oxygen atoms in total. The van der Waals surface area contributed by atoms with E-state index in [0.717, 1.165) is 36.3 Å². The smallest absolute Gasteiger partial charge is 0.246 e. The van der Waals surface area contributed by atoms with Crippen LogP contribution in [-0.2, 0) is 26.1 Å². The van der Waals surface area contributed by atoms with Crippen molar-refractivity contribution < 1.29 is 22.7 Å². The van der Waals surface area contributed by atoms with E-state index in [1.165, 1.54) is 25.3 Å². The molecule has 0 aromatic heterocycles. The standard InChI is InChI=1S/C23H28N2O5S/c1-24-31(27,28)22-11-8-18(9-12-22)10-13-23(26)25(17-21-7-4-14-30-21)16-19-5-3-6-20(15-19)29-2/h3,5-6,8-13,15,21,24H,4,7,14,16-17H2,1-2H3/b13-10+. The number of nitrogens with zero attached hydrogens (tertiary/aromatic N) is 1. The summed E-state index contributed by atoms with van der Waals surface area (Å²) in [5.41, 5.74) is 1.71. The molecule has 0 radical (unpaired) electrons.